The maximum atomic E-state index is 10.7. The fraction of sp³-hybridized carbons (Fsp3) is 0.222. The van der Waals surface area contributed by atoms with E-state index in [9.17, 15) is 10.1 Å². The molecule has 0 bridgehead atoms. The van der Waals surface area contributed by atoms with Crippen molar-refractivity contribution in [1.29, 1.82) is 0 Å². The number of nitro benzene ring substituents is 1. The zero-order valence-corrected chi connectivity index (χ0v) is 15.4. The normalized spacial score (nSPS) is 11.0. The summed E-state index contributed by atoms with van der Waals surface area (Å²) in [5.41, 5.74) is 2.05. The average molecular weight is 369 g/mol. The molecule has 0 amide bonds. The highest BCUT2D eigenvalue weighted by Gasteiger charge is 2.09. The van der Waals surface area contributed by atoms with E-state index in [0.717, 1.165) is 12.1 Å². The molecule has 1 heterocycles. The zero-order valence-electron chi connectivity index (χ0n) is 14.6. The number of non-ortho nitro benzene ring substituents is 1. The molecule has 26 heavy (non-hydrogen) atoms. The molecule has 0 fully saturated rings. The van der Waals surface area contributed by atoms with Crippen LogP contribution in [0.25, 0.3) is 11.4 Å². The molecule has 0 spiro atoms. The third-order valence-corrected chi connectivity index (χ3v) is 4.61. The summed E-state index contributed by atoms with van der Waals surface area (Å²) in [6.07, 6.45) is 3.73. The van der Waals surface area contributed by atoms with Crippen LogP contribution in [0.3, 0.4) is 0 Å². The van der Waals surface area contributed by atoms with Crippen LogP contribution in [0.2, 0.25) is 0 Å². The first-order valence-electron chi connectivity index (χ1n) is 8.01. The van der Waals surface area contributed by atoms with Crippen LogP contribution in [0.4, 0.5) is 5.69 Å². The highest BCUT2D eigenvalue weighted by molar-refractivity contribution is 7.98. The standard InChI is InChI=1S/C18H19N5O2S/c1-21(11-14-3-9-17(26-2)10-4-14)13-22-12-19-18(20-22)15-5-7-16(8-6-15)23(24)25/h3-10,12H,11,13H2,1-2H3. The number of hydrogen-bond donors (Lipinski definition) is 0. The first kappa shape index (κ1) is 18.1. The van der Waals surface area contributed by atoms with Crippen LogP contribution >= 0.6 is 11.8 Å². The Labute approximate surface area is 155 Å². The quantitative estimate of drug-likeness (QED) is 0.359. The van der Waals surface area contributed by atoms with Crippen molar-refractivity contribution in [2.45, 2.75) is 18.1 Å². The van der Waals surface area contributed by atoms with Gasteiger partial charge in [0.05, 0.1) is 11.6 Å². The molecule has 0 aliphatic heterocycles. The van der Waals surface area contributed by atoms with Gasteiger partial charge in [0.1, 0.15) is 6.33 Å². The maximum absolute atomic E-state index is 10.7. The van der Waals surface area contributed by atoms with Gasteiger partial charge in [0, 0.05) is 29.1 Å². The summed E-state index contributed by atoms with van der Waals surface area (Å²) in [6.45, 7) is 1.41. The highest BCUT2D eigenvalue weighted by atomic mass is 32.2. The van der Waals surface area contributed by atoms with Crippen molar-refractivity contribution in [3.05, 3.63) is 70.5 Å². The largest absolute Gasteiger partial charge is 0.283 e. The van der Waals surface area contributed by atoms with Gasteiger partial charge in [-0.3, -0.25) is 15.0 Å². The van der Waals surface area contributed by atoms with Gasteiger partial charge in [0.2, 0.25) is 0 Å². The molecule has 0 saturated carbocycles. The SMILES string of the molecule is CSc1ccc(CN(C)Cn2cnc(-c3ccc([N+](=O)[O-])cc3)n2)cc1. The molecule has 0 saturated heterocycles. The molecular weight excluding hydrogens is 350 g/mol. The Bertz CT molecular complexity index is 877. The Morgan fingerprint density at radius 1 is 1.15 bits per heavy atom. The molecule has 134 valence electrons. The van der Waals surface area contributed by atoms with E-state index in [1.54, 1.807) is 34.9 Å². The van der Waals surface area contributed by atoms with Gasteiger partial charge in [0.15, 0.2) is 5.82 Å². The Hall–Kier alpha value is -2.71. The first-order chi connectivity index (χ1) is 12.5. The van der Waals surface area contributed by atoms with Crippen LogP contribution in [0.15, 0.2) is 59.8 Å². The van der Waals surface area contributed by atoms with Gasteiger partial charge in [-0.25, -0.2) is 9.67 Å². The van der Waals surface area contributed by atoms with Crippen molar-refractivity contribution in [3.63, 3.8) is 0 Å². The van der Waals surface area contributed by atoms with Crippen molar-refractivity contribution in [2.75, 3.05) is 13.3 Å². The van der Waals surface area contributed by atoms with Crippen molar-refractivity contribution < 1.29 is 4.92 Å². The highest BCUT2D eigenvalue weighted by Crippen LogP contribution is 2.19. The zero-order chi connectivity index (χ0) is 18.5. The average Bonchev–Trinajstić information content (AvgIpc) is 3.10. The minimum atomic E-state index is -0.420. The molecule has 0 N–H and O–H groups in total. The van der Waals surface area contributed by atoms with Crippen molar-refractivity contribution >= 4 is 17.4 Å². The summed E-state index contributed by atoms with van der Waals surface area (Å²) in [7, 11) is 2.02. The molecule has 0 atom stereocenters. The van der Waals surface area contributed by atoms with E-state index < -0.39 is 4.92 Å². The van der Waals surface area contributed by atoms with Crippen LogP contribution in [0.5, 0.6) is 0 Å². The topological polar surface area (TPSA) is 77.1 Å². The van der Waals surface area contributed by atoms with Gasteiger partial charge < -0.3 is 0 Å². The lowest BCUT2D eigenvalue weighted by molar-refractivity contribution is -0.384. The molecule has 7 nitrogen and oxygen atoms in total. The summed E-state index contributed by atoms with van der Waals surface area (Å²) >= 11 is 1.73. The van der Waals surface area contributed by atoms with Crippen molar-refractivity contribution in [2.24, 2.45) is 0 Å². The number of hydrogen-bond acceptors (Lipinski definition) is 6. The monoisotopic (exact) mass is 369 g/mol. The third kappa shape index (κ3) is 4.47. The van der Waals surface area contributed by atoms with Crippen LogP contribution in [0, 0.1) is 10.1 Å². The molecule has 3 aromatic rings. The van der Waals surface area contributed by atoms with E-state index in [1.807, 2.05) is 7.05 Å². The van der Waals surface area contributed by atoms with Gasteiger partial charge in [-0.05, 0) is 43.1 Å². The summed E-state index contributed by atoms with van der Waals surface area (Å²) in [4.78, 5) is 18.0. The fourth-order valence-electron chi connectivity index (χ4n) is 2.57. The maximum Gasteiger partial charge on any atom is 0.269 e. The smallest absolute Gasteiger partial charge is 0.269 e. The Morgan fingerprint density at radius 2 is 1.85 bits per heavy atom. The third-order valence-electron chi connectivity index (χ3n) is 3.87. The summed E-state index contributed by atoms with van der Waals surface area (Å²) in [5.74, 6) is 0.553. The number of benzene rings is 2. The van der Waals surface area contributed by atoms with E-state index in [1.165, 1.54) is 22.6 Å². The van der Waals surface area contributed by atoms with Gasteiger partial charge >= 0.3 is 0 Å². The molecule has 8 heteroatoms. The number of nitro groups is 1. The lowest BCUT2D eigenvalue weighted by Crippen LogP contribution is -2.21. The second-order valence-electron chi connectivity index (χ2n) is 5.92. The fourth-order valence-corrected chi connectivity index (χ4v) is 2.98. The van der Waals surface area contributed by atoms with Crippen molar-refractivity contribution in [1.82, 2.24) is 19.7 Å². The first-order valence-corrected chi connectivity index (χ1v) is 9.23. The molecular formula is C18H19N5O2S. The summed E-state index contributed by atoms with van der Waals surface area (Å²) < 4.78 is 1.76. The Kier molecular flexibility index (Phi) is 5.65. The molecule has 1 aromatic heterocycles. The number of thioether (sulfide) groups is 1. The minimum Gasteiger partial charge on any atom is -0.283 e. The van der Waals surface area contributed by atoms with Gasteiger partial charge in [-0.1, -0.05) is 12.1 Å². The molecule has 0 aliphatic carbocycles. The van der Waals surface area contributed by atoms with E-state index >= 15 is 0 Å². The van der Waals surface area contributed by atoms with Crippen LogP contribution in [-0.2, 0) is 13.2 Å². The van der Waals surface area contributed by atoms with E-state index in [0.29, 0.717) is 12.5 Å². The Balaban J connectivity index is 1.62. The minimum absolute atomic E-state index is 0.0559. The predicted octanol–water partition coefficient (Wildman–Crippen LogP) is 3.66. The van der Waals surface area contributed by atoms with E-state index in [4.69, 9.17) is 0 Å². The number of rotatable bonds is 7. The van der Waals surface area contributed by atoms with Crippen LogP contribution in [0.1, 0.15) is 5.56 Å². The second-order valence-corrected chi connectivity index (χ2v) is 6.79. The molecule has 0 aliphatic rings. The Morgan fingerprint density at radius 3 is 2.46 bits per heavy atom. The lowest BCUT2D eigenvalue weighted by Gasteiger charge is -2.16. The summed E-state index contributed by atoms with van der Waals surface area (Å²) in [6, 6.07) is 14.7. The molecule has 3 rings (SSSR count). The van der Waals surface area contributed by atoms with Crippen LogP contribution in [-0.4, -0.2) is 37.9 Å². The van der Waals surface area contributed by atoms with E-state index in [-0.39, 0.29) is 5.69 Å². The predicted molar refractivity (Wildman–Crippen MR) is 102 cm³/mol. The van der Waals surface area contributed by atoms with Gasteiger partial charge in [-0.15, -0.1) is 16.9 Å². The van der Waals surface area contributed by atoms with Crippen molar-refractivity contribution in [3.8, 4) is 11.4 Å². The number of aromatic nitrogens is 3. The van der Waals surface area contributed by atoms with Gasteiger partial charge in [-0.2, -0.15) is 0 Å². The van der Waals surface area contributed by atoms with E-state index in [2.05, 4.69) is 45.5 Å². The second kappa shape index (κ2) is 8.11. The molecule has 0 radical (unpaired) electrons. The number of nitrogens with zero attached hydrogens (tertiary/aromatic N) is 5. The molecule has 2 aromatic carbocycles. The molecule has 0 unspecified atom stereocenters. The van der Waals surface area contributed by atoms with Crippen LogP contribution < -0.4 is 0 Å². The van der Waals surface area contributed by atoms with Gasteiger partial charge in [0.25, 0.3) is 5.69 Å². The lowest BCUT2D eigenvalue weighted by atomic mass is 10.2. The summed E-state index contributed by atoms with van der Waals surface area (Å²) in [5, 5.41) is 15.2.